The van der Waals surface area contributed by atoms with Gasteiger partial charge in [0.15, 0.2) is 0 Å². The van der Waals surface area contributed by atoms with Crippen LogP contribution >= 0.6 is 0 Å². The van der Waals surface area contributed by atoms with Gasteiger partial charge in [-0.25, -0.2) is 17.9 Å². The minimum Gasteiger partial charge on any atom is -0.478 e. The summed E-state index contributed by atoms with van der Waals surface area (Å²) in [5.74, 6) is -1.39. The van der Waals surface area contributed by atoms with Crippen molar-refractivity contribution in [3.05, 3.63) is 35.4 Å². The summed E-state index contributed by atoms with van der Waals surface area (Å²) >= 11 is 0. The van der Waals surface area contributed by atoms with Crippen molar-refractivity contribution in [1.29, 1.82) is 0 Å². The van der Waals surface area contributed by atoms with Crippen LogP contribution in [0.25, 0.3) is 0 Å². The molecule has 1 aromatic rings. The van der Waals surface area contributed by atoms with E-state index in [0.717, 1.165) is 12.8 Å². The van der Waals surface area contributed by atoms with Gasteiger partial charge in [0.2, 0.25) is 10.0 Å². The van der Waals surface area contributed by atoms with Gasteiger partial charge in [0.05, 0.1) is 17.4 Å². The largest absolute Gasteiger partial charge is 0.478 e. The van der Waals surface area contributed by atoms with Crippen molar-refractivity contribution in [2.45, 2.75) is 43.6 Å². The number of carbonyl (C=O) groups is 1. The molecule has 3 N–H and O–H groups in total. The quantitative estimate of drug-likeness (QED) is 0.755. The molecule has 21 heavy (non-hydrogen) atoms. The molecule has 1 saturated carbocycles. The van der Waals surface area contributed by atoms with Crippen molar-refractivity contribution in [2.75, 3.05) is 0 Å². The number of rotatable bonds is 5. The van der Waals surface area contributed by atoms with E-state index in [4.69, 9.17) is 5.11 Å². The van der Waals surface area contributed by atoms with E-state index < -0.39 is 28.1 Å². The first-order valence-corrected chi connectivity index (χ1v) is 8.53. The third kappa shape index (κ3) is 4.52. The Hall–Kier alpha value is -1.44. The fourth-order valence-corrected chi connectivity index (χ4v) is 3.97. The first-order chi connectivity index (χ1) is 9.87. The van der Waals surface area contributed by atoms with Gasteiger partial charge in [-0.05, 0) is 30.5 Å². The van der Waals surface area contributed by atoms with Crippen LogP contribution in [0.15, 0.2) is 24.3 Å². The average Bonchev–Trinajstić information content (AvgIpc) is 2.41. The molecule has 6 nitrogen and oxygen atoms in total. The molecule has 116 valence electrons. The maximum Gasteiger partial charge on any atom is 0.335 e. The van der Waals surface area contributed by atoms with Crippen molar-refractivity contribution < 1.29 is 23.4 Å². The number of aliphatic hydroxyl groups is 1. The number of carboxylic acids is 1. The normalized spacial score (nSPS) is 22.9. The Morgan fingerprint density at radius 2 is 2.00 bits per heavy atom. The molecule has 0 spiro atoms. The molecule has 7 heteroatoms. The summed E-state index contributed by atoms with van der Waals surface area (Å²) in [5.41, 5.74) is 0.466. The van der Waals surface area contributed by atoms with Gasteiger partial charge >= 0.3 is 5.97 Å². The van der Waals surface area contributed by atoms with Crippen LogP contribution in [0.4, 0.5) is 0 Å². The maximum atomic E-state index is 12.1. The van der Waals surface area contributed by atoms with Crippen LogP contribution in [0, 0.1) is 0 Å². The van der Waals surface area contributed by atoms with Gasteiger partial charge in [-0.2, -0.15) is 0 Å². The van der Waals surface area contributed by atoms with Crippen LogP contribution in [0.5, 0.6) is 0 Å². The van der Waals surface area contributed by atoms with Crippen LogP contribution in [-0.2, 0) is 15.8 Å². The summed E-state index contributed by atoms with van der Waals surface area (Å²) in [7, 11) is -3.61. The molecular formula is C14H19NO5S. The third-order valence-corrected chi connectivity index (χ3v) is 4.97. The van der Waals surface area contributed by atoms with E-state index in [2.05, 4.69) is 4.72 Å². The maximum absolute atomic E-state index is 12.1. The number of hydrogen-bond acceptors (Lipinski definition) is 4. The zero-order chi connectivity index (χ0) is 15.5. The van der Waals surface area contributed by atoms with Gasteiger partial charge in [-0.3, -0.25) is 0 Å². The number of carboxylic acid groups (broad SMARTS) is 1. The van der Waals surface area contributed by atoms with E-state index >= 15 is 0 Å². The van der Waals surface area contributed by atoms with E-state index in [1.807, 2.05) is 0 Å². The Kier molecular flexibility index (Phi) is 4.97. The number of hydrogen-bond donors (Lipinski definition) is 3. The number of sulfonamides is 1. The van der Waals surface area contributed by atoms with Gasteiger partial charge in [0.1, 0.15) is 0 Å². The lowest BCUT2D eigenvalue weighted by Gasteiger charge is -2.28. The standard InChI is InChI=1S/C14H19NO5S/c16-13-7-2-1-6-12(13)15-21(19,20)9-10-4-3-5-11(8-10)14(17)18/h3-5,8,12-13,15-16H,1-2,6-7,9H2,(H,17,18). The molecule has 0 aliphatic heterocycles. The summed E-state index contributed by atoms with van der Waals surface area (Å²) in [5, 5.41) is 18.7. The Morgan fingerprint density at radius 3 is 2.67 bits per heavy atom. The van der Waals surface area contributed by atoms with Gasteiger partial charge in [0.25, 0.3) is 0 Å². The van der Waals surface area contributed by atoms with Gasteiger partial charge in [0, 0.05) is 6.04 Å². The summed E-state index contributed by atoms with van der Waals surface area (Å²) in [6, 6.07) is 5.40. The van der Waals surface area contributed by atoms with Crippen molar-refractivity contribution in [2.24, 2.45) is 0 Å². The number of aromatic carboxylic acids is 1. The van der Waals surface area contributed by atoms with E-state index in [1.54, 1.807) is 6.07 Å². The molecule has 1 aliphatic carbocycles. The molecule has 2 unspecified atom stereocenters. The Morgan fingerprint density at radius 1 is 1.29 bits per heavy atom. The molecule has 2 rings (SSSR count). The lowest BCUT2D eigenvalue weighted by molar-refractivity contribution is 0.0696. The predicted octanol–water partition coefficient (Wildman–Crippen LogP) is 1.11. The number of nitrogens with one attached hydrogen (secondary N) is 1. The second kappa shape index (κ2) is 6.55. The second-order valence-corrected chi connectivity index (χ2v) is 7.09. The SMILES string of the molecule is O=C(O)c1cccc(CS(=O)(=O)NC2CCCCC2O)c1. The minimum absolute atomic E-state index is 0.0559. The molecule has 1 aromatic carbocycles. The molecule has 2 atom stereocenters. The number of aliphatic hydroxyl groups excluding tert-OH is 1. The second-order valence-electron chi connectivity index (χ2n) is 5.34. The lowest BCUT2D eigenvalue weighted by Crippen LogP contribution is -2.45. The van der Waals surface area contributed by atoms with E-state index in [-0.39, 0.29) is 11.3 Å². The van der Waals surface area contributed by atoms with Crippen molar-refractivity contribution >= 4 is 16.0 Å². The van der Waals surface area contributed by atoms with Crippen LogP contribution in [0.2, 0.25) is 0 Å². The Balaban J connectivity index is 2.06. The average molecular weight is 313 g/mol. The highest BCUT2D eigenvalue weighted by molar-refractivity contribution is 7.88. The zero-order valence-electron chi connectivity index (χ0n) is 11.5. The monoisotopic (exact) mass is 313 g/mol. The molecule has 1 fully saturated rings. The highest BCUT2D eigenvalue weighted by atomic mass is 32.2. The molecule has 1 aliphatic rings. The van der Waals surface area contributed by atoms with Crippen LogP contribution in [0.3, 0.4) is 0 Å². The third-order valence-electron chi connectivity index (χ3n) is 3.59. The summed E-state index contributed by atoms with van der Waals surface area (Å²) in [6.45, 7) is 0. The summed E-state index contributed by atoms with van der Waals surface area (Å²) < 4.78 is 26.8. The minimum atomic E-state index is -3.61. The Labute approximate surface area is 123 Å². The summed E-state index contributed by atoms with van der Waals surface area (Å²) in [4.78, 5) is 10.9. The van der Waals surface area contributed by atoms with Gasteiger partial charge in [-0.1, -0.05) is 25.0 Å². The molecule has 0 aromatic heterocycles. The molecule has 0 bridgehead atoms. The van der Waals surface area contributed by atoms with Gasteiger partial charge < -0.3 is 10.2 Å². The predicted molar refractivity (Wildman–Crippen MR) is 77.4 cm³/mol. The smallest absolute Gasteiger partial charge is 0.335 e. The summed E-state index contributed by atoms with van der Waals surface area (Å²) in [6.07, 6.45) is 2.36. The number of benzene rings is 1. The van der Waals surface area contributed by atoms with Crippen molar-refractivity contribution in [3.63, 3.8) is 0 Å². The molecule has 0 radical (unpaired) electrons. The highest BCUT2D eigenvalue weighted by Crippen LogP contribution is 2.19. The fraction of sp³-hybridized carbons (Fsp3) is 0.500. The van der Waals surface area contributed by atoms with Crippen LogP contribution in [0.1, 0.15) is 41.6 Å². The molecule has 0 amide bonds. The first kappa shape index (κ1) is 15.9. The van der Waals surface area contributed by atoms with Gasteiger partial charge in [-0.15, -0.1) is 0 Å². The lowest BCUT2D eigenvalue weighted by atomic mass is 9.93. The fourth-order valence-electron chi connectivity index (χ4n) is 2.53. The molecular weight excluding hydrogens is 294 g/mol. The molecule has 0 saturated heterocycles. The van der Waals surface area contributed by atoms with Crippen molar-refractivity contribution in [3.8, 4) is 0 Å². The van der Waals surface area contributed by atoms with Crippen molar-refractivity contribution in [1.82, 2.24) is 4.72 Å². The van der Waals surface area contributed by atoms with E-state index in [9.17, 15) is 18.3 Å². The topological polar surface area (TPSA) is 104 Å². The first-order valence-electron chi connectivity index (χ1n) is 6.88. The highest BCUT2D eigenvalue weighted by Gasteiger charge is 2.27. The molecule has 0 heterocycles. The van der Waals surface area contributed by atoms with E-state index in [0.29, 0.717) is 18.4 Å². The van der Waals surface area contributed by atoms with Crippen LogP contribution < -0.4 is 4.72 Å². The Bertz CT molecular complexity index is 614. The zero-order valence-corrected chi connectivity index (χ0v) is 12.3. The van der Waals surface area contributed by atoms with E-state index in [1.165, 1.54) is 18.2 Å². The van der Waals surface area contributed by atoms with Crippen LogP contribution in [-0.4, -0.2) is 36.7 Å².